The number of hydrogen-bond acceptors (Lipinski definition) is 3. The number of halogens is 2. The summed E-state index contributed by atoms with van der Waals surface area (Å²) in [5.41, 5.74) is 7.40. The molecule has 0 saturated carbocycles. The summed E-state index contributed by atoms with van der Waals surface area (Å²) in [6.45, 7) is 5.62. The Bertz CT molecular complexity index is 435. The predicted molar refractivity (Wildman–Crippen MR) is 71.7 cm³/mol. The van der Waals surface area contributed by atoms with Crippen LogP contribution in [0.4, 0.5) is 5.69 Å². The Kier molecular flexibility index (Phi) is 6.16. The van der Waals surface area contributed by atoms with Gasteiger partial charge in [0.15, 0.2) is 0 Å². The molecule has 0 saturated heterocycles. The molecule has 1 aromatic rings. The van der Waals surface area contributed by atoms with Crippen LogP contribution in [0, 0.1) is 10.1 Å². The number of hydrogen-bond donors (Lipinski definition) is 1. The monoisotopic (exact) mass is 276 g/mol. The summed E-state index contributed by atoms with van der Waals surface area (Å²) >= 11 is 5.70. The highest BCUT2D eigenvalue weighted by Gasteiger charge is 2.15. The zero-order valence-electron chi connectivity index (χ0n) is 9.35. The van der Waals surface area contributed by atoms with Gasteiger partial charge in [-0.2, -0.15) is 0 Å². The third kappa shape index (κ3) is 4.34. The third-order valence-corrected chi connectivity index (χ3v) is 2.48. The molecule has 0 aliphatic heterocycles. The number of rotatable bonds is 4. The molecule has 4 nitrogen and oxygen atoms in total. The lowest BCUT2D eigenvalue weighted by molar-refractivity contribution is -0.384. The van der Waals surface area contributed by atoms with E-state index in [1.807, 2.05) is 6.92 Å². The van der Waals surface area contributed by atoms with Crippen LogP contribution in [0.1, 0.15) is 24.9 Å². The van der Waals surface area contributed by atoms with E-state index in [0.29, 0.717) is 12.0 Å². The summed E-state index contributed by atoms with van der Waals surface area (Å²) in [6.07, 6.45) is 0.596. The minimum atomic E-state index is -0.515. The second-order valence-corrected chi connectivity index (χ2v) is 4.14. The predicted octanol–water partition coefficient (Wildman–Crippen LogP) is 3.64. The van der Waals surface area contributed by atoms with Crippen molar-refractivity contribution >= 4 is 29.7 Å². The van der Waals surface area contributed by atoms with Crippen LogP contribution >= 0.6 is 24.0 Å². The average Bonchev–Trinajstić information content (AvgIpc) is 2.16. The molecular weight excluding hydrogens is 263 g/mol. The lowest BCUT2D eigenvalue weighted by atomic mass is 10.0. The molecule has 0 fully saturated rings. The highest BCUT2D eigenvalue weighted by molar-refractivity contribution is 6.32. The molecule has 1 aromatic carbocycles. The summed E-state index contributed by atoms with van der Waals surface area (Å²) in [7, 11) is 0. The molecule has 0 unspecified atom stereocenters. The van der Waals surface area contributed by atoms with Gasteiger partial charge in [-0.15, -0.1) is 19.0 Å². The quantitative estimate of drug-likeness (QED) is 0.519. The maximum Gasteiger partial charge on any atom is 0.288 e. The zero-order chi connectivity index (χ0) is 12.3. The first kappa shape index (κ1) is 15.9. The highest BCUT2D eigenvalue weighted by Crippen LogP contribution is 2.28. The fourth-order valence-corrected chi connectivity index (χ4v) is 1.58. The molecule has 1 atom stereocenters. The molecule has 0 aliphatic rings. The van der Waals surface area contributed by atoms with Gasteiger partial charge in [-0.05, 0) is 25.0 Å². The molecule has 1 rings (SSSR count). The number of nitro groups is 1. The topological polar surface area (TPSA) is 69.2 Å². The molecule has 94 valence electrons. The van der Waals surface area contributed by atoms with E-state index in [2.05, 4.69) is 6.58 Å². The van der Waals surface area contributed by atoms with Gasteiger partial charge in [-0.25, -0.2) is 0 Å². The van der Waals surface area contributed by atoms with E-state index in [9.17, 15) is 10.1 Å². The van der Waals surface area contributed by atoms with Gasteiger partial charge in [-0.3, -0.25) is 10.1 Å². The maximum absolute atomic E-state index is 10.7. The van der Waals surface area contributed by atoms with Gasteiger partial charge in [0, 0.05) is 12.1 Å². The highest BCUT2D eigenvalue weighted by atomic mass is 35.5. The van der Waals surface area contributed by atoms with Crippen molar-refractivity contribution in [2.45, 2.75) is 19.4 Å². The molecule has 0 spiro atoms. The van der Waals surface area contributed by atoms with Gasteiger partial charge >= 0.3 is 0 Å². The Labute approximate surface area is 111 Å². The van der Waals surface area contributed by atoms with Crippen LogP contribution in [-0.2, 0) is 0 Å². The van der Waals surface area contributed by atoms with Gasteiger partial charge < -0.3 is 5.73 Å². The Morgan fingerprint density at radius 2 is 2.24 bits per heavy atom. The lowest BCUT2D eigenvalue weighted by Crippen LogP contribution is -2.10. The number of benzene rings is 1. The first-order valence-corrected chi connectivity index (χ1v) is 5.13. The first-order valence-electron chi connectivity index (χ1n) is 4.75. The van der Waals surface area contributed by atoms with Crippen LogP contribution in [0.25, 0.3) is 0 Å². The van der Waals surface area contributed by atoms with Gasteiger partial charge in [-0.1, -0.05) is 23.2 Å². The van der Waals surface area contributed by atoms with E-state index < -0.39 is 4.92 Å². The van der Waals surface area contributed by atoms with E-state index >= 15 is 0 Å². The summed E-state index contributed by atoms with van der Waals surface area (Å²) in [5, 5.41) is 10.8. The van der Waals surface area contributed by atoms with E-state index in [0.717, 1.165) is 5.57 Å². The van der Waals surface area contributed by atoms with Gasteiger partial charge in [0.2, 0.25) is 0 Å². The standard InChI is InChI=1S/C11H13ClN2O2.ClH/c1-7(2)5-10(13)8-3-4-9(12)11(6-8)14(15)16;/h3-4,6,10H,1,5,13H2,2H3;1H/t10-;/m1./s1. The normalized spacial score (nSPS) is 11.5. The van der Waals surface area contributed by atoms with Crippen LogP contribution in [0.2, 0.25) is 5.02 Å². The van der Waals surface area contributed by atoms with Crippen LogP contribution in [0.3, 0.4) is 0 Å². The SMILES string of the molecule is C=C(C)C[C@@H](N)c1ccc(Cl)c([N+](=O)[O-])c1.Cl. The van der Waals surface area contributed by atoms with Crippen molar-refractivity contribution in [3.05, 3.63) is 51.1 Å². The van der Waals surface area contributed by atoms with Crippen LogP contribution < -0.4 is 5.73 Å². The fraction of sp³-hybridized carbons (Fsp3) is 0.273. The van der Waals surface area contributed by atoms with Crippen LogP contribution in [0.15, 0.2) is 30.4 Å². The van der Waals surface area contributed by atoms with Crippen molar-refractivity contribution in [1.82, 2.24) is 0 Å². The number of nitrogens with two attached hydrogens (primary N) is 1. The van der Waals surface area contributed by atoms with Crippen LogP contribution in [0.5, 0.6) is 0 Å². The van der Waals surface area contributed by atoms with Crippen molar-refractivity contribution in [3.63, 3.8) is 0 Å². The lowest BCUT2D eigenvalue weighted by Gasteiger charge is -2.11. The second-order valence-electron chi connectivity index (χ2n) is 3.74. The van der Waals surface area contributed by atoms with Crippen LogP contribution in [-0.4, -0.2) is 4.92 Å². The summed E-state index contributed by atoms with van der Waals surface area (Å²) in [4.78, 5) is 10.2. The van der Waals surface area contributed by atoms with E-state index in [4.69, 9.17) is 17.3 Å². The summed E-state index contributed by atoms with van der Waals surface area (Å²) < 4.78 is 0. The Morgan fingerprint density at radius 3 is 2.71 bits per heavy atom. The molecule has 6 heteroatoms. The molecule has 2 N–H and O–H groups in total. The first-order chi connectivity index (χ1) is 7.41. The maximum atomic E-state index is 10.7. The van der Waals surface area contributed by atoms with Crippen molar-refractivity contribution in [2.75, 3.05) is 0 Å². The Morgan fingerprint density at radius 1 is 1.65 bits per heavy atom. The third-order valence-electron chi connectivity index (χ3n) is 2.16. The summed E-state index contributed by atoms with van der Waals surface area (Å²) in [6, 6.07) is 4.32. The molecule has 17 heavy (non-hydrogen) atoms. The number of nitrogens with zero attached hydrogens (tertiary/aromatic N) is 1. The minimum absolute atomic E-state index is 0. The molecule has 0 bridgehead atoms. The molecule has 0 radical (unpaired) electrons. The molecule has 0 amide bonds. The van der Waals surface area contributed by atoms with E-state index in [-0.39, 0.29) is 29.2 Å². The molecule has 0 heterocycles. The minimum Gasteiger partial charge on any atom is -0.324 e. The Balaban J connectivity index is 0.00000256. The summed E-state index contributed by atoms with van der Waals surface area (Å²) in [5.74, 6) is 0. The van der Waals surface area contributed by atoms with Gasteiger partial charge in [0.1, 0.15) is 5.02 Å². The second kappa shape index (κ2) is 6.59. The van der Waals surface area contributed by atoms with Crippen molar-refractivity contribution in [2.24, 2.45) is 5.73 Å². The Hall–Kier alpha value is -1.10. The molecule has 0 aromatic heterocycles. The van der Waals surface area contributed by atoms with E-state index in [1.54, 1.807) is 6.07 Å². The molecular formula is C11H14Cl2N2O2. The molecule has 0 aliphatic carbocycles. The smallest absolute Gasteiger partial charge is 0.288 e. The average molecular weight is 277 g/mol. The van der Waals surface area contributed by atoms with Crippen molar-refractivity contribution in [1.29, 1.82) is 0 Å². The van der Waals surface area contributed by atoms with Crippen molar-refractivity contribution in [3.8, 4) is 0 Å². The fourth-order valence-electron chi connectivity index (χ4n) is 1.39. The van der Waals surface area contributed by atoms with Crippen molar-refractivity contribution < 1.29 is 4.92 Å². The largest absolute Gasteiger partial charge is 0.324 e. The zero-order valence-corrected chi connectivity index (χ0v) is 10.9. The van der Waals surface area contributed by atoms with Gasteiger partial charge in [0.05, 0.1) is 4.92 Å². The van der Waals surface area contributed by atoms with Gasteiger partial charge in [0.25, 0.3) is 5.69 Å². The number of nitro benzene ring substituents is 1. The van der Waals surface area contributed by atoms with E-state index in [1.165, 1.54) is 12.1 Å².